The Kier molecular flexibility index (Phi) is 4.58. The summed E-state index contributed by atoms with van der Waals surface area (Å²) in [7, 11) is 0. The molecule has 3 aliphatic carbocycles. The summed E-state index contributed by atoms with van der Waals surface area (Å²) in [5.41, 5.74) is 4.16. The Hall–Kier alpha value is -1.68. The van der Waals surface area contributed by atoms with Gasteiger partial charge in [0.1, 0.15) is 5.75 Å². The number of rotatable bonds is 2. The van der Waals surface area contributed by atoms with E-state index in [0.29, 0.717) is 17.9 Å². The third kappa shape index (κ3) is 2.92. The molecule has 0 amide bonds. The minimum absolute atomic E-state index is 0.129. The van der Waals surface area contributed by atoms with Crippen LogP contribution in [0.4, 0.5) is 8.78 Å². The SMILES string of the molecule is C[C@]12CC[C@H]3C(=CCc4cc(OC5CCCCO5)ccc43)[C@@H]1CCC2=C(F)F. The molecule has 3 fully saturated rings. The summed E-state index contributed by atoms with van der Waals surface area (Å²) in [6.45, 7) is 2.84. The summed E-state index contributed by atoms with van der Waals surface area (Å²) in [6.07, 6.45) is 8.06. The van der Waals surface area contributed by atoms with Gasteiger partial charge in [0.2, 0.25) is 0 Å². The summed E-state index contributed by atoms with van der Waals surface area (Å²) in [4.78, 5) is 0. The van der Waals surface area contributed by atoms with Gasteiger partial charge in [0, 0.05) is 23.3 Å². The van der Waals surface area contributed by atoms with Gasteiger partial charge in [-0.25, -0.2) is 0 Å². The number of halogens is 2. The highest BCUT2D eigenvalue weighted by atomic mass is 19.3. The molecule has 1 saturated heterocycles. The normalized spacial score (nSPS) is 34.2. The van der Waals surface area contributed by atoms with E-state index >= 15 is 0 Å². The molecular formula is C24H28F2O2. The fourth-order valence-electron chi connectivity index (χ4n) is 6.10. The fourth-order valence-corrected chi connectivity index (χ4v) is 6.10. The molecule has 1 aromatic carbocycles. The molecule has 1 heterocycles. The van der Waals surface area contributed by atoms with E-state index in [4.69, 9.17) is 9.47 Å². The largest absolute Gasteiger partial charge is 0.465 e. The molecule has 0 bridgehead atoms. The molecular weight excluding hydrogens is 358 g/mol. The van der Waals surface area contributed by atoms with Crippen molar-refractivity contribution in [2.24, 2.45) is 11.3 Å². The van der Waals surface area contributed by atoms with E-state index < -0.39 is 6.08 Å². The van der Waals surface area contributed by atoms with Crippen LogP contribution in [-0.2, 0) is 11.2 Å². The number of fused-ring (bicyclic) bond motifs is 5. The van der Waals surface area contributed by atoms with Crippen molar-refractivity contribution < 1.29 is 18.3 Å². The lowest BCUT2D eigenvalue weighted by Gasteiger charge is -2.45. The first-order chi connectivity index (χ1) is 13.6. The average Bonchev–Trinajstić information content (AvgIpc) is 3.06. The van der Waals surface area contributed by atoms with Crippen molar-refractivity contribution in [1.82, 2.24) is 0 Å². The van der Waals surface area contributed by atoms with Crippen LogP contribution in [0.25, 0.3) is 0 Å². The minimum Gasteiger partial charge on any atom is -0.465 e. The summed E-state index contributed by atoms with van der Waals surface area (Å²) in [6, 6.07) is 6.43. The van der Waals surface area contributed by atoms with Crippen molar-refractivity contribution >= 4 is 0 Å². The zero-order valence-corrected chi connectivity index (χ0v) is 16.5. The number of hydrogen-bond donors (Lipinski definition) is 0. The molecule has 0 spiro atoms. The van der Waals surface area contributed by atoms with Gasteiger partial charge in [0.25, 0.3) is 6.08 Å². The number of hydrogen-bond acceptors (Lipinski definition) is 2. The molecule has 2 saturated carbocycles. The monoisotopic (exact) mass is 386 g/mol. The number of benzene rings is 1. The Morgan fingerprint density at radius 2 is 2.07 bits per heavy atom. The smallest absolute Gasteiger partial charge is 0.270 e. The van der Waals surface area contributed by atoms with Gasteiger partial charge in [-0.1, -0.05) is 24.6 Å². The van der Waals surface area contributed by atoms with Gasteiger partial charge in [0.15, 0.2) is 6.29 Å². The van der Waals surface area contributed by atoms with Crippen LogP contribution in [0, 0.1) is 11.3 Å². The van der Waals surface area contributed by atoms with Crippen molar-refractivity contribution in [1.29, 1.82) is 0 Å². The summed E-state index contributed by atoms with van der Waals surface area (Å²) in [5.74, 6) is 1.53. The van der Waals surface area contributed by atoms with Gasteiger partial charge >= 0.3 is 0 Å². The molecule has 0 radical (unpaired) electrons. The van der Waals surface area contributed by atoms with Crippen LogP contribution < -0.4 is 4.74 Å². The van der Waals surface area contributed by atoms with Crippen LogP contribution in [0.15, 0.2) is 41.5 Å². The highest BCUT2D eigenvalue weighted by molar-refractivity contribution is 5.48. The van der Waals surface area contributed by atoms with E-state index in [2.05, 4.69) is 31.2 Å². The van der Waals surface area contributed by atoms with E-state index in [1.165, 1.54) is 16.7 Å². The molecule has 4 aliphatic rings. The van der Waals surface area contributed by atoms with Gasteiger partial charge in [-0.2, -0.15) is 8.78 Å². The van der Waals surface area contributed by atoms with Gasteiger partial charge in [-0.05, 0) is 74.1 Å². The van der Waals surface area contributed by atoms with E-state index in [1.807, 2.05) is 0 Å². The van der Waals surface area contributed by atoms with Crippen LogP contribution in [0.3, 0.4) is 0 Å². The summed E-state index contributed by atoms with van der Waals surface area (Å²) in [5, 5.41) is 0. The second-order valence-electron chi connectivity index (χ2n) is 9.02. The molecule has 1 unspecified atom stereocenters. The van der Waals surface area contributed by atoms with Crippen molar-refractivity contribution in [3.8, 4) is 5.75 Å². The van der Waals surface area contributed by atoms with Crippen LogP contribution in [0.1, 0.15) is 68.9 Å². The standard InChI is InChI=1S/C24H28F2O2/c1-24-12-11-18-17-8-6-16(28-22-4-2-3-13-27-22)14-15(17)5-7-19(18)20(24)9-10-21(24)23(25)26/h6-8,14,18,20,22H,2-5,9-13H2,1H3/t18-,20+,22?,24+/m1/s1. The Bertz CT molecular complexity index is 833. The van der Waals surface area contributed by atoms with Crippen molar-refractivity contribution in [3.05, 3.63) is 52.6 Å². The highest BCUT2D eigenvalue weighted by Crippen LogP contribution is 2.62. The minimum atomic E-state index is -1.44. The van der Waals surface area contributed by atoms with Crippen LogP contribution in [0.5, 0.6) is 5.75 Å². The molecule has 0 N–H and O–H groups in total. The predicted molar refractivity (Wildman–Crippen MR) is 104 cm³/mol. The van der Waals surface area contributed by atoms with E-state index in [0.717, 1.165) is 57.3 Å². The second kappa shape index (κ2) is 6.98. The topological polar surface area (TPSA) is 18.5 Å². The third-order valence-corrected chi connectivity index (χ3v) is 7.58. The molecule has 4 heteroatoms. The van der Waals surface area contributed by atoms with Gasteiger partial charge in [-0.15, -0.1) is 0 Å². The summed E-state index contributed by atoms with van der Waals surface area (Å²) < 4.78 is 38.7. The Morgan fingerprint density at radius 1 is 1.18 bits per heavy atom. The van der Waals surface area contributed by atoms with E-state index in [-0.39, 0.29) is 17.6 Å². The van der Waals surface area contributed by atoms with Crippen molar-refractivity contribution in [2.75, 3.05) is 6.61 Å². The predicted octanol–water partition coefficient (Wildman–Crippen LogP) is 6.52. The van der Waals surface area contributed by atoms with Crippen LogP contribution in [0.2, 0.25) is 0 Å². The van der Waals surface area contributed by atoms with Crippen LogP contribution >= 0.6 is 0 Å². The Labute approximate surface area is 165 Å². The molecule has 5 rings (SSSR count). The maximum atomic E-state index is 13.5. The fraction of sp³-hybridized carbons (Fsp3) is 0.583. The molecule has 28 heavy (non-hydrogen) atoms. The molecule has 4 atom stereocenters. The zero-order chi connectivity index (χ0) is 19.3. The molecule has 1 aromatic rings. The molecule has 0 aromatic heterocycles. The Morgan fingerprint density at radius 3 is 2.86 bits per heavy atom. The first-order valence-electron chi connectivity index (χ1n) is 10.7. The zero-order valence-electron chi connectivity index (χ0n) is 16.5. The molecule has 150 valence electrons. The number of allylic oxidation sites excluding steroid dienone is 3. The van der Waals surface area contributed by atoms with Crippen LogP contribution in [-0.4, -0.2) is 12.9 Å². The lowest BCUT2D eigenvalue weighted by Crippen LogP contribution is -2.34. The first kappa shape index (κ1) is 18.4. The first-order valence-corrected chi connectivity index (χ1v) is 10.7. The van der Waals surface area contributed by atoms with Gasteiger partial charge < -0.3 is 9.47 Å². The average molecular weight is 386 g/mol. The van der Waals surface area contributed by atoms with Crippen molar-refractivity contribution in [2.45, 2.75) is 70.5 Å². The maximum Gasteiger partial charge on any atom is 0.270 e. The summed E-state index contributed by atoms with van der Waals surface area (Å²) >= 11 is 0. The second-order valence-corrected chi connectivity index (χ2v) is 9.02. The Balaban J connectivity index is 1.39. The maximum absolute atomic E-state index is 13.5. The quantitative estimate of drug-likeness (QED) is 0.539. The van der Waals surface area contributed by atoms with Crippen molar-refractivity contribution in [3.63, 3.8) is 0 Å². The van der Waals surface area contributed by atoms with E-state index in [1.54, 1.807) is 0 Å². The lowest BCUT2D eigenvalue weighted by atomic mass is 9.59. The molecule has 2 nitrogen and oxygen atoms in total. The number of ether oxygens (including phenoxy) is 2. The van der Waals surface area contributed by atoms with Gasteiger partial charge in [-0.3, -0.25) is 0 Å². The highest BCUT2D eigenvalue weighted by Gasteiger charge is 2.51. The van der Waals surface area contributed by atoms with E-state index in [9.17, 15) is 8.78 Å². The molecule has 1 aliphatic heterocycles. The third-order valence-electron chi connectivity index (χ3n) is 7.58. The lowest BCUT2D eigenvalue weighted by molar-refractivity contribution is -0.105. The van der Waals surface area contributed by atoms with Gasteiger partial charge in [0.05, 0.1) is 6.61 Å².